The Bertz CT molecular complexity index is 802. The van der Waals surface area contributed by atoms with Crippen LogP contribution < -0.4 is 4.57 Å². The monoisotopic (exact) mass is 279 g/mol. The lowest BCUT2D eigenvalue weighted by molar-refractivity contribution is -0.689. The number of para-hydroxylation sites is 1. The van der Waals surface area contributed by atoms with Crippen molar-refractivity contribution in [2.45, 2.75) is 26.8 Å². The first-order valence-electron chi connectivity index (χ1n) is 7.28. The molecule has 2 aromatic heterocycles. The van der Waals surface area contributed by atoms with Crippen LogP contribution in [0, 0.1) is 6.92 Å². The molecule has 0 fully saturated rings. The molecule has 21 heavy (non-hydrogen) atoms. The van der Waals surface area contributed by atoms with Gasteiger partial charge in [-0.3, -0.25) is 4.79 Å². The van der Waals surface area contributed by atoms with Gasteiger partial charge in [0.15, 0.2) is 11.9 Å². The molecule has 3 rings (SSSR count). The average Bonchev–Trinajstić information content (AvgIpc) is 2.93. The number of nitrogens with zero attached hydrogens (tertiary/aromatic N) is 1. The zero-order valence-electron chi connectivity index (χ0n) is 12.4. The van der Waals surface area contributed by atoms with Crippen molar-refractivity contribution < 1.29 is 9.36 Å². The average molecular weight is 279 g/mol. The van der Waals surface area contributed by atoms with E-state index in [4.69, 9.17) is 0 Å². The van der Waals surface area contributed by atoms with Crippen LogP contribution in [-0.4, -0.2) is 10.8 Å². The van der Waals surface area contributed by atoms with Gasteiger partial charge in [0.1, 0.15) is 0 Å². The van der Waals surface area contributed by atoms with Crippen molar-refractivity contribution in [1.29, 1.82) is 0 Å². The van der Waals surface area contributed by atoms with Crippen LogP contribution in [-0.2, 0) is 13.0 Å². The van der Waals surface area contributed by atoms with Crippen molar-refractivity contribution in [3.63, 3.8) is 0 Å². The number of benzene rings is 1. The number of carbonyl (C=O) groups excluding carboxylic acids is 1. The Kier molecular flexibility index (Phi) is 3.57. The van der Waals surface area contributed by atoms with E-state index in [1.165, 1.54) is 5.56 Å². The maximum Gasteiger partial charge on any atom is 0.229 e. The minimum Gasteiger partial charge on any atom is -0.360 e. The summed E-state index contributed by atoms with van der Waals surface area (Å²) in [4.78, 5) is 15.9. The molecule has 1 N–H and O–H groups in total. The molecule has 3 nitrogen and oxygen atoms in total. The minimum atomic E-state index is 0.133. The number of rotatable bonds is 4. The molecule has 0 radical (unpaired) electrons. The highest BCUT2D eigenvalue weighted by Gasteiger charge is 2.18. The SMILES string of the molecule is CCc1cccc2c(C(=O)C[n+]3ccccc3C)c[nH]c12. The smallest absolute Gasteiger partial charge is 0.229 e. The number of ketones is 1. The van der Waals surface area contributed by atoms with Crippen LogP contribution in [0.4, 0.5) is 0 Å². The van der Waals surface area contributed by atoms with Gasteiger partial charge in [0.05, 0.1) is 0 Å². The number of aromatic amines is 1. The molecule has 0 amide bonds. The fraction of sp³-hybridized carbons (Fsp3) is 0.222. The molecule has 0 aliphatic carbocycles. The molecule has 0 bridgehead atoms. The van der Waals surface area contributed by atoms with Crippen LogP contribution in [0.2, 0.25) is 0 Å². The topological polar surface area (TPSA) is 36.7 Å². The number of fused-ring (bicyclic) bond motifs is 1. The summed E-state index contributed by atoms with van der Waals surface area (Å²) in [6, 6.07) is 12.1. The standard InChI is InChI=1S/C18H18N2O/c1-3-14-8-6-9-15-16(11-19-18(14)15)17(21)12-20-10-5-4-7-13(20)2/h4-11H,3,12H2,1-2H3/p+1. The van der Waals surface area contributed by atoms with E-state index in [0.29, 0.717) is 6.54 Å². The fourth-order valence-corrected chi connectivity index (χ4v) is 2.72. The van der Waals surface area contributed by atoms with Crippen molar-refractivity contribution in [2.24, 2.45) is 0 Å². The zero-order chi connectivity index (χ0) is 14.8. The number of H-pyrrole nitrogens is 1. The lowest BCUT2D eigenvalue weighted by Gasteiger charge is -2.01. The van der Waals surface area contributed by atoms with Crippen LogP contribution in [0.3, 0.4) is 0 Å². The molecule has 106 valence electrons. The Morgan fingerprint density at radius 2 is 2.05 bits per heavy atom. The molecular weight excluding hydrogens is 260 g/mol. The normalized spacial score (nSPS) is 11.0. The van der Waals surface area contributed by atoms with Gasteiger partial charge < -0.3 is 4.98 Å². The van der Waals surface area contributed by atoms with Gasteiger partial charge in [0.25, 0.3) is 0 Å². The fourth-order valence-electron chi connectivity index (χ4n) is 2.72. The van der Waals surface area contributed by atoms with Crippen molar-refractivity contribution in [3.8, 4) is 0 Å². The molecule has 0 atom stereocenters. The van der Waals surface area contributed by atoms with Gasteiger partial charge in [-0.2, -0.15) is 4.57 Å². The summed E-state index contributed by atoms with van der Waals surface area (Å²) in [6.07, 6.45) is 4.74. The number of carbonyl (C=O) groups is 1. The summed E-state index contributed by atoms with van der Waals surface area (Å²) in [5, 5.41) is 1.02. The molecule has 0 saturated carbocycles. The van der Waals surface area contributed by atoms with E-state index in [-0.39, 0.29) is 5.78 Å². The van der Waals surface area contributed by atoms with E-state index in [0.717, 1.165) is 28.6 Å². The van der Waals surface area contributed by atoms with Crippen LogP contribution in [0.5, 0.6) is 0 Å². The van der Waals surface area contributed by atoms with E-state index in [2.05, 4.69) is 18.0 Å². The Hall–Kier alpha value is -2.42. The maximum absolute atomic E-state index is 12.6. The Morgan fingerprint density at radius 3 is 2.81 bits per heavy atom. The third-order valence-corrected chi connectivity index (χ3v) is 3.96. The number of aryl methyl sites for hydroxylation is 2. The van der Waals surface area contributed by atoms with Crippen molar-refractivity contribution in [2.75, 3.05) is 0 Å². The lowest BCUT2D eigenvalue weighted by atomic mass is 10.0. The van der Waals surface area contributed by atoms with E-state index < -0.39 is 0 Å². The molecule has 0 saturated heterocycles. The molecule has 0 aliphatic rings. The summed E-state index contributed by atoms with van der Waals surface area (Å²) in [5.41, 5.74) is 4.18. The summed E-state index contributed by atoms with van der Waals surface area (Å²) in [7, 11) is 0. The number of hydrogen-bond acceptors (Lipinski definition) is 1. The molecule has 0 spiro atoms. The molecular formula is C18H19N2O+. The third-order valence-electron chi connectivity index (χ3n) is 3.96. The maximum atomic E-state index is 12.6. The predicted octanol–water partition coefficient (Wildman–Crippen LogP) is 3.21. The van der Waals surface area contributed by atoms with E-state index in [1.807, 2.05) is 54.2 Å². The number of pyridine rings is 1. The van der Waals surface area contributed by atoms with Gasteiger partial charge in [-0.25, -0.2) is 0 Å². The Labute approximate surface area is 124 Å². The van der Waals surface area contributed by atoms with Gasteiger partial charge in [0.2, 0.25) is 12.3 Å². The predicted molar refractivity (Wildman–Crippen MR) is 83.4 cm³/mol. The van der Waals surface area contributed by atoms with Crippen molar-refractivity contribution in [1.82, 2.24) is 4.98 Å². The second kappa shape index (κ2) is 5.52. The highest BCUT2D eigenvalue weighted by molar-refractivity contribution is 6.07. The third kappa shape index (κ3) is 2.47. The molecule has 1 aromatic carbocycles. The van der Waals surface area contributed by atoms with E-state index in [1.54, 1.807) is 0 Å². The molecule has 3 aromatic rings. The first-order chi connectivity index (χ1) is 10.2. The van der Waals surface area contributed by atoms with Crippen LogP contribution in [0.1, 0.15) is 28.5 Å². The summed E-state index contributed by atoms with van der Waals surface area (Å²) >= 11 is 0. The highest BCUT2D eigenvalue weighted by Crippen LogP contribution is 2.22. The quantitative estimate of drug-likeness (QED) is 0.578. The summed E-state index contributed by atoms with van der Waals surface area (Å²) in [5.74, 6) is 0.133. The first kappa shape index (κ1) is 13.6. The number of hydrogen-bond donors (Lipinski definition) is 1. The second-order valence-corrected chi connectivity index (χ2v) is 5.29. The van der Waals surface area contributed by atoms with Crippen molar-refractivity contribution >= 4 is 16.7 Å². The highest BCUT2D eigenvalue weighted by atomic mass is 16.1. The molecule has 0 unspecified atom stereocenters. The molecule has 3 heteroatoms. The van der Waals surface area contributed by atoms with Crippen LogP contribution in [0.25, 0.3) is 10.9 Å². The van der Waals surface area contributed by atoms with Crippen LogP contribution in [0.15, 0.2) is 48.8 Å². The zero-order valence-corrected chi connectivity index (χ0v) is 12.4. The first-order valence-corrected chi connectivity index (χ1v) is 7.28. The number of nitrogens with one attached hydrogen (secondary N) is 1. The van der Waals surface area contributed by atoms with Gasteiger partial charge in [-0.05, 0) is 12.0 Å². The van der Waals surface area contributed by atoms with E-state index in [9.17, 15) is 4.79 Å². The van der Waals surface area contributed by atoms with Gasteiger partial charge >= 0.3 is 0 Å². The Balaban J connectivity index is 1.97. The van der Waals surface area contributed by atoms with Gasteiger partial charge in [0, 0.05) is 41.7 Å². The van der Waals surface area contributed by atoms with Crippen molar-refractivity contribution in [3.05, 3.63) is 65.6 Å². The molecule has 0 aliphatic heterocycles. The molecule has 2 heterocycles. The summed E-state index contributed by atoms with van der Waals surface area (Å²) in [6.45, 7) is 4.51. The van der Waals surface area contributed by atoms with E-state index >= 15 is 0 Å². The van der Waals surface area contributed by atoms with Gasteiger partial charge in [-0.15, -0.1) is 0 Å². The second-order valence-electron chi connectivity index (χ2n) is 5.29. The Morgan fingerprint density at radius 1 is 1.19 bits per heavy atom. The minimum absolute atomic E-state index is 0.133. The number of aromatic nitrogens is 2. The van der Waals surface area contributed by atoms with Crippen LogP contribution >= 0.6 is 0 Å². The largest absolute Gasteiger partial charge is 0.360 e. The lowest BCUT2D eigenvalue weighted by Crippen LogP contribution is -2.40. The van der Waals surface area contributed by atoms with Gasteiger partial charge in [-0.1, -0.05) is 31.2 Å². The summed E-state index contributed by atoms with van der Waals surface area (Å²) < 4.78 is 1.98. The number of Topliss-reactive ketones (excluding diaryl/α,β-unsaturated/α-hetero) is 1.